The fraction of sp³-hybridized carbons (Fsp3) is 0.429. The second-order valence-electron chi connectivity index (χ2n) is 4.54. The van der Waals surface area contributed by atoms with E-state index < -0.39 is 5.82 Å². The van der Waals surface area contributed by atoms with Crippen LogP contribution in [0.4, 0.5) is 4.39 Å². The highest BCUT2D eigenvalue weighted by Crippen LogP contribution is 2.29. The van der Waals surface area contributed by atoms with Crippen molar-refractivity contribution in [2.45, 2.75) is 25.3 Å². The van der Waals surface area contributed by atoms with Gasteiger partial charge in [-0.15, -0.1) is 11.6 Å². The molecule has 1 aromatic heterocycles. The van der Waals surface area contributed by atoms with Crippen molar-refractivity contribution in [1.29, 1.82) is 0 Å². The molecule has 1 atom stereocenters. The van der Waals surface area contributed by atoms with Crippen molar-refractivity contribution in [1.82, 2.24) is 9.55 Å². The molecule has 21 heavy (non-hydrogen) atoms. The molecule has 0 aliphatic heterocycles. The van der Waals surface area contributed by atoms with Gasteiger partial charge in [-0.25, -0.2) is 9.37 Å². The smallest absolute Gasteiger partial charge is 0.307 e. The van der Waals surface area contributed by atoms with Crippen molar-refractivity contribution in [3.63, 3.8) is 0 Å². The highest BCUT2D eigenvalue weighted by molar-refractivity contribution is 6.20. The van der Waals surface area contributed by atoms with Crippen LogP contribution in [0.5, 0.6) is 5.75 Å². The van der Waals surface area contributed by atoms with Gasteiger partial charge in [-0.1, -0.05) is 0 Å². The van der Waals surface area contributed by atoms with E-state index in [2.05, 4.69) is 9.72 Å². The number of imidazole rings is 1. The lowest BCUT2D eigenvalue weighted by molar-refractivity contribution is -0.140. The summed E-state index contributed by atoms with van der Waals surface area (Å²) in [6.45, 7) is 2.12. The second-order valence-corrected chi connectivity index (χ2v) is 5.19. The third kappa shape index (κ3) is 3.10. The summed E-state index contributed by atoms with van der Waals surface area (Å²) in [7, 11) is 2.72. The molecule has 0 fully saturated rings. The lowest BCUT2D eigenvalue weighted by atomic mass is 10.2. The highest BCUT2D eigenvalue weighted by Gasteiger charge is 2.18. The first-order valence-corrected chi connectivity index (χ1v) is 6.86. The number of hydrogen-bond acceptors (Lipinski definition) is 4. The third-order valence-electron chi connectivity index (χ3n) is 3.17. The summed E-state index contributed by atoms with van der Waals surface area (Å²) in [5.74, 6) is -0.130. The number of alkyl halides is 1. The predicted octanol–water partition coefficient (Wildman–Crippen LogP) is 3.05. The first-order chi connectivity index (χ1) is 9.97. The van der Waals surface area contributed by atoms with Crippen LogP contribution >= 0.6 is 11.6 Å². The van der Waals surface area contributed by atoms with Gasteiger partial charge in [0, 0.05) is 18.7 Å². The Hall–Kier alpha value is -1.82. The average molecular weight is 315 g/mol. The van der Waals surface area contributed by atoms with Crippen LogP contribution in [0, 0.1) is 5.82 Å². The molecule has 2 rings (SSSR count). The van der Waals surface area contributed by atoms with Crippen LogP contribution < -0.4 is 4.74 Å². The van der Waals surface area contributed by atoms with Gasteiger partial charge in [0.1, 0.15) is 5.82 Å². The van der Waals surface area contributed by atoms with E-state index in [1.54, 1.807) is 17.6 Å². The van der Waals surface area contributed by atoms with Gasteiger partial charge >= 0.3 is 5.97 Å². The number of esters is 1. The van der Waals surface area contributed by atoms with E-state index in [4.69, 9.17) is 16.3 Å². The Bertz CT molecular complexity index is 670. The van der Waals surface area contributed by atoms with Crippen molar-refractivity contribution < 1.29 is 18.7 Å². The number of carbonyl (C=O) groups is 1. The van der Waals surface area contributed by atoms with E-state index in [0.717, 1.165) is 0 Å². The van der Waals surface area contributed by atoms with Crippen LogP contribution in [0.25, 0.3) is 11.0 Å². The van der Waals surface area contributed by atoms with Crippen LogP contribution in [0.15, 0.2) is 12.1 Å². The first-order valence-electron chi connectivity index (χ1n) is 6.42. The normalized spacial score (nSPS) is 12.4. The van der Waals surface area contributed by atoms with Gasteiger partial charge in [0.25, 0.3) is 0 Å². The third-order valence-corrected chi connectivity index (χ3v) is 3.37. The molecule has 0 radical (unpaired) electrons. The minimum atomic E-state index is -0.489. The zero-order valence-electron chi connectivity index (χ0n) is 12.0. The maximum atomic E-state index is 13.7. The Morgan fingerprint density at radius 2 is 2.19 bits per heavy atom. The standard InChI is InChI=1S/C14H16ClFN2O3/c1-8(15)14-17-10-6-9(16)12(20-2)7-11(10)18(14)5-4-13(19)21-3/h6-8H,4-5H2,1-3H3. The highest BCUT2D eigenvalue weighted by atomic mass is 35.5. The van der Waals surface area contributed by atoms with Crippen LogP contribution in [0.1, 0.15) is 24.5 Å². The van der Waals surface area contributed by atoms with Gasteiger partial charge in [0.2, 0.25) is 0 Å². The number of rotatable bonds is 5. The monoisotopic (exact) mass is 314 g/mol. The molecule has 0 saturated carbocycles. The molecule has 0 saturated heterocycles. The molecule has 0 aliphatic rings. The van der Waals surface area contributed by atoms with Crippen molar-refractivity contribution in [2.75, 3.05) is 14.2 Å². The predicted molar refractivity (Wildman–Crippen MR) is 77.1 cm³/mol. The number of benzene rings is 1. The van der Waals surface area contributed by atoms with Gasteiger partial charge in [-0.05, 0) is 6.92 Å². The fourth-order valence-electron chi connectivity index (χ4n) is 2.15. The molecule has 0 spiro atoms. The molecule has 0 aliphatic carbocycles. The molecule has 1 aromatic carbocycles. The summed E-state index contributed by atoms with van der Waals surface area (Å²) in [6, 6.07) is 2.85. The van der Waals surface area contributed by atoms with Gasteiger partial charge in [-0.3, -0.25) is 4.79 Å². The molecule has 1 heterocycles. The maximum absolute atomic E-state index is 13.7. The molecule has 0 amide bonds. The summed E-state index contributed by atoms with van der Waals surface area (Å²) in [5.41, 5.74) is 1.14. The summed E-state index contributed by atoms with van der Waals surface area (Å²) < 4.78 is 25.2. The second kappa shape index (κ2) is 6.30. The number of ether oxygens (including phenoxy) is 2. The molecule has 0 N–H and O–H groups in total. The fourth-order valence-corrected chi connectivity index (χ4v) is 2.31. The van der Waals surface area contributed by atoms with E-state index in [1.165, 1.54) is 20.3 Å². The van der Waals surface area contributed by atoms with Crippen molar-refractivity contribution >= 4 is 28.6 Å². The van der Waals surface area contributed by atoms with Crippen molar-refractivity contribution in [2.24, 2.45) is 0 Å². The van der Waals surface area contributed by atoms with E-state index in [-0.39, 0.29) is 23.5 Å². The number of carbonyl (C=O) groups excluding carboxylic acids is 1. The number of hydrogen-bond donors (Lipinski definition) is 0. The molecule has 1 unspecified atom stereocenters. The number of aryl methyl sites for hydroxylation is 1. The zero-order chi connectivity index (χ0) is 15.6. The first kappa shape index (κ1) is 15.6. The van der Waals surface area contributed by atoms with Crippen molar-refractivity contribution in [3.8, 4) is 5.75 Å². The van der Waals surface area contributed by atoms with Gasteiger partial charge in [0.15, 0.2) is 11.6 Å². The Labute approximate surface area is 126 Å². The summed E-state index contributed by atoms with van der Waals surface area (Å²) in [5, 5.41) is -0.371. The molecule has 2 aromatic rings. The van der Waals surface area contributed by atoms with Crippen molar-refractivity contribution in [3.05, 3.63) is 23.8 Å². The van der Waals surface area contributed by atoms with Crippen LogP contribution in [0.2, 0.25) is 0 Å². The van der Waals surface area contributed by atoms with Crippen LogP contribution in [-0.4, -0.2) is 29.7 Å². The van der Waals surface area contributed by atoms with E-state index in [1.807, 2.05) is 0 Å². The number of methoxy groups -OCH3 is 2. The Balaban J connectivity index is 2.52. The van der Waals surface area contributed by atoms with Crippen LogP contribution in [0.3, 0.4) is 0 Å². The topological polar surface area (TPSA) is 53.4 Å². The summed E-state index contributed by atoms with van der Waals surface area (Å²) >= 11 is 6.12. The van der Waals surface area contributed by atoms with E-state index in [9.17, 15) is 9.18 Å². The zero-order valence-corrected chi connectivity index (χ0v) is 12.8. The van der Waals surface area contributed by atoms with Gasteiger partial charge in [0.05, 0.1) is 37.1 Å². The SMILES string of the molecule is COC(=O)CCn1c(C(C)Cl)nc2cc(F)c(OC)cc21. The number of fused-ring (bicyclic) bond motifs is 1. The lowest BCUT2D eigenvalue weighted by Gasteiger charge is -2.10. The van der Waals surface area contributed by atoms with Gasteiger partial charge < -0.3 is 14.0 Å². The summed E-state index contributed by atoms with van der Waals surface area (Å²) in [4.78, 5) is 15.7. The molecule has 114 valence electrons. The summed E-state index contributed by atoms with van der Waals surface area (Å²) in [6.07, 6.45) is 0.179. The number of halogens is 2. The van der Waals surface area contributed by atoms with Gasteiger partial charge in [-0.2, -0.15) is 0 Å². The quantitative estimate of drug-likeness (QED) is 0.629. The minimum Gasteiger partial charge on any atom is -0.494 e. The molecule has 5 nitrogen and oxygen atoms in total. The largest absolute Gasteiger partial charge is 0.494 e. The maximum Gasteiger partial charge on any atom is 0.307 e. The molecular weight excluding hydrogens is 299 g/mol. The molecule has 7 heteroatoms. The lowest BCUT2D eigenvalue weighted by Crippen LogP contribution is -2.10. The van der Waals surface area contributed by atoms with Crippen LogP contribution in [-0.2, 0) is 16.1 Å². The van der Waals surface area contributed by atoms with E-state index >= 15 is 0 Å². The Morgan fingerprint density at radius 3 is 2.76 bits per heavy atom. The molecule has 0 bridgehead atoms. The Kier molecular flexibility index (Phi) is 4.67. The Morgan fingerprint density at radius 1 is 1.48 bits per heavy atom. The number of nitrogens with zero attached hydrogens (tertiary/aromatic N) is 2. The van der Waals surface area contributed by atoms with E-state index in [0.29, 0.717) is 23.4 Å². The average Bonchev–Trinajstić information content (AvgIpc) is 2.81. The molecular formula is C14H16ClFN2O3. The number of aromatic nitrogens is 2. The minimum absolute atomic E-state index is 0.121.